The summed E-state index contributed by atoms with van der Waals surface area (Å²) >= 11 is 0. The Labute approximate surface area is 152 Å². The molecule has 3 rings (SSSR count). The minimum absolute atomic E-state index is 0.174. The third kappa shape index (κ3) is 4.35. The summed E-state index contributed by atoms with van der Waals surface area (Å²) in [5.74, 6) is 0.812. The number of rotatable bonds is 3. The molecule has 5 nitrogen and oxygen atoms in total. The number of para-hydroxylation sites is 1. The maximum Gasteiger partial charge on any atom is 0.229 e. The molecule has 0 unspecified atom stereocenters. The van der Waals surface area contributed by atoms with E-state index < -0.39 is 6.93 Å². The molecule has 0 saturated carbocycles. The molecule has 1 aromatic carbocycles. The quantitative estimate of drug-likeness (QED) is 0.672. The van der Waals surface area contributed by atoms with E-state index in [0.29, 0.717) is 23.1 Å². The molecule has 1 aromatic heterocycles. The second-order valence-electron chi connectivity index (χ2n) is 6.44. The molecule has 0 radical (unpaired) electrons. The van der Waals surface area contributed by atoms with Gasteiger partial charge in [0.2, 0.25) is 6.93 Å². The van der Waals surface area contributed by atoms with Gasteiger partial charge in [-0.15, -0.1) is 0 Å². The minimum atomic E-state index is -1.75. The third-order valence-electron chi connectivity index (χ3n) is 4.52. The minimum Gasteiger partial charge on any atom is -0.507 e. The number of H-pyrrole nitrogens is 1. The molecule has 2 heterocycles. The highest BCUT2D eigenvalue weighted by molar-refractivity contribution is 5.86. The van der Waals surface area contributed by atoms with E-state index >= 15 is 0 Å². The zero-order chi connectivity index (χ0) is 19.3. The van der Waals surface area contributed by atoms with E-state index in [9.17, 15) is 13.9 Å². The third-order valence-corrected chi connectivity index (χ3v) is 4.52. The van der Waals surface area contributed by atoms with Crippen molar-refractivity contribution < 1.29 is 13.9 Å². The highest BCUT2D eigenvalue weighted by Gasteiger charge is 2.24. The number of halogens is 2. The van der Waals surface area contributed by atoms with Crippen molar-refractivity contribution in [2.45, 2.75) is 32.9 Å². The number of alkyl halides is 2. The number of aromatic amines is 1. The van der Waals surface area contributed by atoms with Crippen LogP contribution in [0.2, 0.25) is 0 Å². The van der Waals surface area contributed by atoms with Crippen molar-refractivity contribution in [1.82, 2.24) is 9.88 Å². The topological polar surface area (TPSA) is 91.3 Å². The highest BCUT2D eigenvalue weighted by Crippen LogP contribution is 2.31. The number of hydrogen-bond donors (Lipinski definition) is 4. The van der Waals surface area contributed by atoms with E-state index in [4.69, 9.17) is 11.5 Å². The Bertz CT molecular complexity index is 771. The number of nitrogen functional groups attached to an aromatic ring is 1. The molecule has 0 amide bonds. The fourth-order valence-electron chi connectivity index (χ4n) is 3.12. The molecule has 0 aliphatic carbocycles. The lowest BCUT2D eigenvalue weighted by molar-refractivity contribution is 0.202. The summed E-state index contributed by atoms with van der Waals surface area (Å²) in [6.45, 7) is 4.54. The van der Waals surface area contributed by atoms with Crippen molar-refractivity contribution in [1.29, 1.82) is 0 Å². The lowest BCUT2D eigenvalue weighted by atomic mass is 10.0. The maximum atomic E-state index is 9.96. The molecule has 0 bridgehead atoms. The first-order valence-electron chi connectivity index (χ1n) is 8.49. The Morgan fingerprint density at radius 3 is 2.62 bits per heavy atom. The molecular weight excluding hydrogens is 338 g/mol. The predicted molar refractivity (Wildman–Crippen MR) is 102 cm³/mol. The van der Waals surface area contributed by atoms with E-state index in [-0.39, 0.29) is 5.75 Å². The van der Waals surface area contributed by atoms with Crippen molar-refractivity contribution in [3.05, 3.63) is 46.6 Å². The van der Waals surface area contributed by atoms with Gasteiger partial charge in [-0.1, -0.05) is 12.1 Å². The molecular formula is C19H26F2N4O. The van der Waals surface area contributed by atoms with Crippen LogP contribution in [0.5, 0.6) is 5.75 Å². The Kier molecular flexibility index (Phi) is 6.63. The summed E-state index contributed by atoms with van der Waals surface area (Å²) < 4.78 is 19.2. The standard InChI is InChI=1S/C18H24N4O.CH2F2/c1-11(2)22-8-7-16-14(10-22)13(18(20)21-16)9-15(19)12-5-3-4-6-17(12)23;2-1-3/h3-6,9,11,21,23H,7-8,10,19-20H2,1-2H3;1H2/b15-9-;. The van der Waals surface area contributed by atoms with Crippen LogP contribution in [-0.2, 0) is 13.0 Å². The summed E-state index contributed by atoms with van der Waals surface area (Å²) in [5, 5.41) is 9.96. The Morgan fingerprint density at radius 1 is 1.35 bits per heavy atom. The van der Waals surface area contributed by atoms with Gasteiger partial charge in [-0.2, -0.15) is 0 Å². The van der Waals surface area contributed by atoms with Gasteiger partial charge < -0.3 is 21.6 Å². The van der Waals surface area contributed by atoms with Crippen LogP contribution < -0.4 is 11.5 Å². The average molecular weight is 364 g/mol. The van der Waals surface area contributed by atoms with E-state index in [1.165, 1.54) is 11.3 Å². The zero-order valence-electron chi connectivity index (χ0n) is 15.1. The van der Waals surface area contributed by atoms with Gasteiger partial charge in [-0.05, 0) is 37.6 Å². The molecule has 0 atom stereocenters. The van der Waals surface area contributed by atoms with E-state index in [2.05, 4.69) is 23.7 Å². The highest BCUT2D eigenvalue weighted by atomic mass is 19.3. The summed E-state index contributed by atoms with van der Waals surface area (Å²) in [5.41, 5.74) is 16.8. The molecule has 1 aliphatic heterocycles. The number of phenols is 1. The number of aromatic nitrogens is 1. The fourth-order valence-corrected chi connectivity index (χ4v) is 3.12. The van der Waals surface area contributed by atoms with Crippen molar-refractivity contribution in [2.75, 3.05) is 19.2 Å². The summed E-state index contributed by atoms with van der Waals surface area (Å²) in [4.78, 5) is 5.70. The lowest BCUT2D eigenvalue weighted by Crippen LogP contribution is -2.35. The van der Waals surface area contributed by atoms with Crippen LogP contribution in [0.25, 0.3) is 11.8 Å². The molecule has 0 fully saturated rings. The Hall–Kier alpha value is -2.54. The van der Waals surface area contributed by atoms with Gasteiger partial charge in [0, 0.05) is 48.1 Å². The predicted octanol–water partition coefficient (Wildman–Crippen LogP) is 3.41. The SMILES string of the molecule is CC(C)N1CCc2[nH]c(N)c(/C=C(\N)c3ccccc3O)c2C1.FCF. The molecule has 2 aromatic rings. The summed E-state index contributed by atoms with van der Waals surface area (Å²) in [6.07, 6.45) is 2.82. The fraction of sp³-hybridized carbons (Fsp3) is 0.368. The van der Waals surface area contributed by atoms with Gasteiger partial charge >= 0.3 is 0 Å². The van der Waals surface area contributed by atoms with Gasteiger partial charge in [0.15, 0.2) is 0 Å². The smallest absolute Gasteiger partial charge is 0.229 e. The van der Waals surface area contributed by atoms with E-state index in [0.717, 1.165) is 25.1 Å². The first kappa shape index (κ1) is 19.8. The normalized spacial score (nSPS) is 14.7. The van der Waals surface area contributed by atoms with Crippen LogP contribution in [0.15, 0.2) is 24.3 Å². The van der Waals surface area contributed by atoms with Crippen LogP contribution in [0, 0.1) is 0 Å². The molecule has 7 heteroatoms. The van der Waals surface area contributed by atoms with Gasteiger partial charge in [-0.25, -0.2) is 8.78 Å². The Balaban J connectivity index is 0.000000758. The van der Waals surface area contributed by atoms with Gasteiger partial charge in [0.05, 0.1) is 0 Å². The van der Waals surface area contributed by atoms with Crippen molar-refractivity contribution >= 4 is 17.6 Å². The van der Waals surface area contributed by atoms with Crippen LogP contribution in [-0.4, -0.2) is 34.5 Å². The molecule has 0 spiro atoms. The number of phenolic OH excluding ortho intramolecular Hbond substituents is 1. The number of aromatic hydroxyl groups is 1. The second-order valence-corrected chi connectivity index (χ2v) is 6.44. The molecule has 6 N–H and O–H groups in total. The van der Waals surface area contributed by atoms with Crippen molar-refractivity contribution in [3.8, 4) is 5.75 Å². The first-order valence-corrected chi connectivity index (χ1v) is 8.49. The second kappa shape index (κ2) is 8.71. The van der Waals surface area contributed by atoms with Crippen molar-refractivity contribution in [2.24, 2.45) is 5.73 Å². The van der Waals surface area contributed by atoms with Crippen LogP contribution >= 0.6 is 0 Å². The number of nitrogens with zero attached hydrogens (tertiary/aromatic N) is 1. The largest absolute Gasteiger partial charge is 0.507 e. The zero-order valence-corrected chi connectivity index (χ0v) is 15.1. The number of fused-ring (bicyclic) bond motifs is 1. The number of anilines is 1. The van der Waals surface area contributed by atoms with Crippen molar-refractivity contribution in [3.63, 3.8) is 0 Å². The lowest BCUT2D eigenvalue weighted by Gasteiger charge is -2.30. The summed E-state index contributed by atoms with van der Waals surface area (Å²) in [7, 11) is 0. The molecule has 0 saturated heterocycles. The number of nitrogens with two attached hydrogens (primary N) is 2. The van der Waals surface area contributed by atoms with Crippen LogP contribution in [0.4, 0.5) is 14.6 Å². The monoisotopic (exact) mass is 364 g/mol. The van der Waals surface area contributed by atoms with E-state index in [1.54, 1.807) is 18.2 Å². The van der Waals surface area contributed by atoms with Gasteiger partial charge in [0.25, 0.3) is 0 Å². The van der Waals surface area contributed by atoms with E-state index in [1.807, 2.05) is 12.1 Å². The maximum absolute atomic E-state index is 9.96. The van der Waals surface area contributed by atoms with Gasteiger partial charge in [-0.3, -0.25) is 4.90 Å². The number of hydrogen-bond acceptors (Lipinski definition) is 4. The summed E-state index contributed by atoms with van der Waals surface area (Å²) in [6, 6.07) is 7.56. The van der Waals surface area contributed by atoms with Crippen LogP contribution in [0.3, 0.4) is 0 Å². The molecule has 142 valence electrons. The average Bonchev–Trinajstić information content (AvgIpc) is 2.90. The number of benzene rings is 1. The first-order chi connectivity index (χ1) is 12.4. The molecule has 26 heavy (non-hydrogen) atoms. The molecule has 1 aliphatic rings. The Morgan fingerprint density at radius 2 is 2.00 bits per heavy atom. The van der Waals surface area contributed by atoms with Crippen LogP contribution in [0.1, 0.15) is 36.2 Å². The van der Waals surface area contributed by atoms with Gasteiger partial charge in [0.1, 0.15) is 11.6 Å². The number of nitrogens with one attached hydrogen (secondary N) is 1.